The van der Waals surface area contributed by atoms with Gasteiger partial charge < -0.3 is 24.8 Å². The zero-order valence-corrected chi connectivity index (χ0v) is 27.9. The van der Waals surface area contributed by atoms with E-state index in [1.807, 2.05) is 11.8 Å². The van der Waals surface area contributed by atoms with E-state index < -0.39 is 0 Å². The number of halogens is 4. The van der Waals surface area contributed by atoms with Gasteiger partial charge >= 0.3 is 26.2 Å². The van der Waals surface area contributed by atoms with Crippen LogP contribution in [0.3, 0.4) is 0 Å². The molecular weight excluding hydrogens is 808 g/mol. The molecule has 0 N–H and O–H groups in total. The molecule has 6 bridgehead atoms. The average molecular weight is 826 g/mol. The van der Waals surface area contributed by atoms with Crippen LogP contribution in [0.4, 0.5) is 0 Å². The summed E-state index contributed by atoms with van der Waals surface area (Å²) < 4.78 is 2.68. The molecule has 8 rings (SSSR count). The van der Waals surface area contributed by atoms with Crippen molar-refractivity contribution in [2.75, 3.05) is 0 Å². The molecule has 4 aromatic carbocycles. The van der Waals surface area contributed by atoms with E-state index in [-0.39, 0.29) is 51.0 Å². The van der Waals surface area contributed by atoms with E-state index in [9.17, 15) is 0 Å². The standard InChI is InChI=1S/C15H8IS.C15H10I.2ClH.Zr/c16-14-8-12-7-10-4-5-13(15(10)14)9-2-1-3-11(6-9)17-12;16-14-8-4-7-12-9-10-13(15(12)14)11-5-2-1-3-6-11;;;/h1-4,6-8,13H;1-9,13H;2*1H;/q2*-1;;;+4/p-2. The van der Waals surface area contributed by atoms with Gasteiger partial charge in [-0.15, -0.1) is 23.3 Å². The summed E-state index contributed by atoms with van der Waals surface area (Å²) in [5.74, 6) is 0.633. The molecular formula is C30H18Cl2I2SZr. The molecule has 0 amide bonds. The van der Waals surface area contributed by atoms with Crippen LogP contribution in [0.1, 0.15) is 45.2 Å². The van der Waals surface area contributed by atoms with Crippen molar-refractivity contribution in [1.82, 2.24) is 0 Å². The summed E-state index contributed by atoms with van der Waals surface area (Å²) in [7, 11) is 0. The minimum absolute atomic E-state index is 0. The van der Waals surface area contributed by atoms with Gasteiger partial charge in [-0.3, -0.25) is 12.2 Å². The Morgan fingerprint density at radius 3 is 2.00 bits per heavy atom. The molecule has 0 nitrogen and oxygen atoms in total. The van der Waals surface area contributed by atoms with E-state index >= 15 is 0 Å². The van der Waals surface area contributed by atoms with Gasteiger partial charge in [-0.05, 0) is 75.4 Å². The van der Waals surface area contributed by atoms with Crippen LogP contribution in [-0.4, -0.2) is 0 Å². The van der Waals surface area contributed by atoms with Crippen LogP contribution >= 0.6 is 56.9 Å². The van der Waals surface area contributed by atoms with Crippen molar-refractivity contribution in [3.8, 4) is 0 Å². The van der Waals surface area contributed by atoms with E-state index in [1.54, 1.807) is 0 Å². The zero-order valence-electron chi connectivity index (χ0n) is 18.8. The van der Waals surface area contributed by atoms with Gasteiger partial charge in [-0.25, -0.2) is 12.2 Å². The molecule has 2 heterocycles. The molecule has 4 aliphatic rings. The fourth-order valence-electron chi connectivity index (χ4n) is 4.66. The summed E-state index contributed by atoms with van der Waals surface area (Å²) in [5, 5.41) is 0. The number of hydrogen-bond donors (Lipinski definition) is 0. The Bertz CT molecular complexity index is 1440. The van der Waals surface area contributed by atoms with Crippen molar-refractivity contribution in [3.05, 3.63) is 138 Å². The van der Waals surface area contributed by atoms with Gasteiger partial charge in [0, 0.05) is 4.90 Å². The molecule has 2 aliphatic carbocycles. The van der Waals surface area contributed by atoms with Crippen LogP contribution in [0.5, 0.6) is 0 Å². The number of allylic oxidation sites excluding steroid dienone is 2. The van der Waals surface area contributed by atoms with Crippen molar-refractivity contribution in [3.63, 3.8) is 0 Å². The van der Waals surface area contributed by atoms with Crippen molar-refractivity contribution >= 4 is 69.1 Å². The van der Waals surface area contributed by atoms with Gasteiger partial charge in [0.25, 0.3) is 0 Å². The van der Waals surface area contributed by atoms with E-state index in [1.165, 1.54) is 50.3 Å². The molecule has 36 heavy (non-hydrogen) atoms. The SMILES string of the molecule is Ic1cc2cc3c1C([C-]=C3)c1cccc(c1)S2.Ic1cccc2c1C(c1ccccc1)[C-]=C2.[Cl-].[Cl-].[Zr+4]. The Morgan fingerprint density at radius 1 is 0.583 bits per heavy atom. The van der Waals surface area contributed by atoms with Crippen molar-refractivity contribution < 1.29 is 51.0 Å². The molecule has 0 spiro atoms. The Kier molecular flexibility index (Phi) is 11.0. The first-order valence-corrected chi connectivity index (χ1v) is 13.8. The molecule has 176 valence electrons. The summed E-state index contributed by atoms with van der Waals surface area (Å²) in [5.41, 5.74) is 8.15. The molecule has 2 aliphatic heterocycles. The minimum Gasteiger partial charge on any atom is -1.00 e. The van der Waals surface area contributed by atoms with Gasteiger partial charge in [0.15, 0.2) is 0 Å². The maximum absolute atomic E-state index is 3.49. The quantitative estimate of drug-likeness (QED) is 0.211. The van der Waals surface area contributed by atoms with Crippen molar-refractivity contribution in [1.29, 1.82) is 0 Å². The molecule has 2 unspecified atom stereocenters. The van der Waals surface area contributed by atoms with E-state index in [0.29, 0.717) is 11.8 Å². The fraction of sp³-hybridized carbons (Fsp3) is 0.0667. The average Bonchev–Trinajstić information content (AvgIpc) is 3.47. The summed E-state index contributed by atoms with van der Waals surface area (Å²) >= 11 is 6.71. The van der Waals surface area contributed by atoms with Crippen LogP contribution < -0.4 is 24.8 Å². The Morgan fingerprint density at radius 2 is 1.22 bits per heavy atom. The molecule has 0 fully saturated rings. The van der Waals surface area contributed by atoms with Gasteiger partial charge in [0.1, 0.15) is 0 Å². The van der Waals surface area contributed by atoms with Crippen molar-refractivity contribution in [2.45, 2.75) is 21.6 Å². The van der Waals surface area contributed by atoms with Gasteiger partial charge in [0.05, 0.1) is 0 Å². The zero-order chi connectivity index (χ0) is 22.4. The molecule has 2 atom stereocenters. The molecule has 0 aromatic heterocycles. The summed E-state index contributed by atoms with van der Waals surface area (Å²) in [4.78, 5) is 2.65. The second-order valence-electron chi connectivity index (χ2n) is 8.22. The van der Waals surface area contributed by atoms with E-state index in [4.69, 9.17) is 0 Å². The first-order chi connectivity index (χ1) is 16.2. The maximum atomic E-state index is 3.49. The maximum Gasteiger partial charge on any atom is 4.00 e. The monoisotopic (exact) mass is 824 g/mol. The second-order valence-corrected chi connectivity index (χ2v) is 11.7. The largest absolute Gasteiger partial charge is 4.00 e. The predicted molar refractivity (Wildman–Crippen MR) is 154 cm³/mol. The second kappa shape index (κ2) is 13.1. The predicted octanol–water partition coefficient (Wildman–Crippen LogP) is 2.98. The van der Waals surface area contributed by atoms with Crippen LogP contribution in [0.25, 0.3) is 12.2 Å². The molecule has 4 aromatic rings. The summed E-state index contributed by atoms with van der Waals surface area (Å²) in [6.07, 6.45) is 11.2. The summed E-state index contributed by atoms with van der Waals surface area (Å²) in [6, 6.07) is 30.4. The molecule has 0 radical (unpaired) electrons. The molecule has 0 saturated heterocycles. The fourth-order valence-corrected chi connectivity index (χ4v) is 7.63. The third kappa shape index (κ3) is 5.94. The third-order valence-electron chi connectivity index (χ3n) is 6.17. The third-order valence-corrected chi connectivity index (χ3v) is 8.96. The number of rotatable bonds is 1. The number of benzene rings is 4. The first kappa shape index (κ1) is 30.2. The smallest absolute Gasteiger partial charge is 1.00 e. The van der Waals surface area contributed by atoms with Crippen LogP contribution in [-0.2, 0) is 26.2 Å². The minimum atomic E-state index is 0. The molecule has 6 heteroatoms. The Balaban J connectivity index is 0.000000185. The van der Waals surface area contributed by atoms with Gasteiger partial charge in [-0.1, -0.05) is 89.3 Å². The van der Waals surface area contributed by atoms with Crippen molar-refractivity contribution in [2.24, 2.45) is 0 Å². The topological polar surface area (TPSA) is 0 Å². The Labute approximate surface area is 276 Å². The van der Waals surface area contributed by atoms with Gasteiger partial charge in [-0.2, -0.15) is 11.1 Å². The molecule has 0 saturated carbocycles. The normalized spacial score (nSPS) is 16.7. The first-order valence-electron chi connectivity index (χ1n) is 10.8. The van der Waals surface area contributed by atoms with Crippen LogP contribution in [0, 0.1) is 19.3 Å². The van der Waals surface area contributed by atoms with E-state index in [0.717, 1.165) is 0 Å². The Hall–Kier alpha value is -0.367. The summed E-state index contributed by atoms with van der Waals surface area (Å²) in [6.45, 7) is 0. The number of hydrogen-bond acceptors (Lipinski definition) is 1. The number of fused-ring (bicyclic) bond motifs is 2. The van der Waals surface area contributed by atoms with Crippen LogP contribution in [0.15, 0.2) is 94.7 Å². The van der Waals surface area contributed by atoms with Crippen LogP contribution in [0.2, 0.25) is 0 Å². The van der Waals surface area contributed by atoms with Gasteiger partial charge in [0.2, 0.25) is 0 Å². The van der Waals surface area contributed by atoms with E-state index in [2.05, 4.69) is 154 Å².